The van der Waals surface area contributed by atoms with Gasteiger partial charge in [0.2, 0.25) is 0 Å². The van der Waals surface area contributed by atoms with Crippen LogP contribution in [0.4, 0.5) is 0 Å². The molecule has 0 saturated heterocycles. The van der Waals surface area contributed by atoms with E-state index < -0.39 is 0 Å². The number of ether oxygens (including phenoxy) is 3. The van der Waals surface area contributed by atoms with Crippen LogP contribution in [0.5, 0.6) is 0 Å². The van der Waals surface area contributed by atoms with Gasteiger partial charge >= 0.3 is 5.97 Å². The minimum atomic E-state index is -0.0986. The van der Waals surface area contributed by atoms with Crippen LogP contribution in [-0.2, 0) is 19.0 Å². The van der Waals surface area contributed by atoms with Crippen LogP contribution in [0.25, 0.3) is 0 Å². The van der Waals surface area contributed by atoms with Crippen LogP contribution in [0.15, 0.2) is 0 Å². The Hall–Kier alpha value is -0.610. The van der Waals surface area contributed by atoms with E-state index in [4.69, 9.17) is 14.2 Å². The highest BCUT2D eigenvalue weighted by atomic mass is 16.5. The Bertz CT molecular complexity index is 243. The van der Waals surface area contributed by atoms with E-state index in [1.54, 1.807) is 0 Å². The van der Waals surface area contributed by atoms with Crippen molar-refractivity contribution in [1.29, 1.82) is 0 Å². The maximum atomic E-state index is 11.4. The van der Waals surface area contributed by atoms with Crippen LogP contribution >= 0.6 is 0 Å². The van der Waals surface area contributed by atoms with Gasteiger partial charge in [0.25, 0.3) is 0 Å². The average Bonchev–Trinajstić information content (AvgIpc) is 2.51. The normalized spacial score (nSPS) is 12.3. The van der Waals surface area contributed by atoms with Gasteiger partial charge in [-0.25, -0.2) is 0 Å². The number of unbranched alkanes of at least 4 members (excludes halogenated alkanes) is 4. The van der Waals surface area contributed by atoms with Crippen molar-refractivity contribution in [2.24, 2.45) is 0 Å². The van der Waals surface area contributed by atoms with Gasteiger partial charge in [0, 0.05) is 13.0 Å². The van der Waals surface area contributed by atoms with E-state index in [-0.39, 0.29) is 12.1 Å². The quantitative estimate of drug-likeness (QED) is 0.310. The Morgan fingerprint density at radius 1 is 0.864 bits per heavy atom. The third-order valence-electron chi connectivity index (χ3n) is 3.63. The van der Waals surface area contributed by atoms with E-state index in [0.29, 0.717) is 26.2 Å². The van der Waals surface area contributed by atoms with Crippen molar-refractivity contribution in [3.63, 3.8) is 0 Å². The summed E-state index contributed by atoms with van der Waals surface area (Å²) in [6.45, 7) is 8.56. The number of rotatable bonds is 16. The van der Waals surface area contributed by atoms with Gasteiger partial charge in [0.15, 0.2) is 0 Å². The number of hydrogen-bond donors (Lipinski definition) is 0. The van der Waals surface area contributed by atoms with Crippen molar-refractivity contribution in [3.8, 4) is 0 Å². The molecule has 0 aromatic rings. The van der Waals surface area contributed by atoms with Gasteiger partial charge in [-0.1, -0.05) is 39.0 Å². The molecule has 0 heterocycles. The fourth-order valence-electron chi connectivity index (χ4n) is 2.41. The van der Waals surface area contributed by atoms with Crippen molar-refractivity contribution in [1.82, 2.24) is 0 Å². The lowest BCUT2D eigenvalue weighted by Gasteiger charge is -2.18. The van der Waals surface area contributed by atoms with Gasteiger partial charge in [0.1, 0.15) is 0 Å². The fraction of sp³-hybridized carbons (Fsp3) is 0.944. The predicted octanol–water partition coefficient (Wildman–Crippen LogP) is 4.50. The highest BCUT2D eigenvalue weighted by Crippen LogP contribution is 2.15. The Labute approximate surface area is 136 Å². The molecule has 0 radical (unpaired) electrons. The van der Waals surface area contributed by atoms with E-state index in [1.807, 2.05) is 13.8 Å². The van der Waals surface area contributed by atoms with Crippen molar-refractivity contribution in [3.05, 3.63) is 0 Å². The van der Waals surface area contributed by atoms with Gasteiger partial charge in [0.05, 0.1) is 25.9 Å². The predicted molar refractivity (Wildman–Crippen MR) is 90.1 cm³/mol. The molecule has 4 heteroatoms. The highest BCUT2D eigenvalue weighted by molar-refractivity contribution is 5.69. The van der Waals surface area contributed by atoms with Gasteiger partial charge in [-0.3, -0.25) is 4.79 Å². The average molecular weight is 316 g/mol. The molecule has 0 aliphatic heterocycles. The highest BCUT2D eigenvalue weighted by Gasteiger charge is 2.11. The van der Waals surface area contributed by atoms with Gasteiger partial charge < -0.3 is 14.2 Å². The third-order valence-corrected chi connectivity index (χ3v) is 3.63. The minimum absolute atomic E-state index is 0.0986. The van der Waals surface area contributed by atoms with Crippen molar-refractivity contribution < 1.29 is 19.0 Å². The molecule has 0 aliphatic rings. The molecule has 0 rings (SSSR count). The Morgan fingerprint density at radius 2 is 1.59 bits per heavy atom. The third kappa shape index (κ3) is 14.3. The summed E-state index contributed by atoms with van der Waals surface area (Å²) < 4.78 is 16.2. The van der Waals surface area contributed by atoms with Crippen molar-refractivity contribution >= 4 is 5.97 Å². The van der Waals surface area contributed by atoms with Gasteiger partial charge in [-0.05, 0) is 33.1 Å². The Kier molecular flexibility index (Phi) is 16.3. The maximum absolute atomic E-state index is 11.4. The largest absolute Gasteiger partial charge is 0.466 e. The molecule has 0 aromatic heterocycles. The van der Waals surface area contributed by atoms with Crippen LogP contribution < -0.4 is 0 Å². The van der Waals surface area contributed by atoms with E-state index >= 15 is 0 Å². The molecule has 0 fully saturated rings. The van der Waals surface area contributed by atoms with Crippen molar-refractivity contribution in [2.75, 3.05) is 26.4 Å². The zero-order valence-corrected chi connectivity index (χ0v) is 14.9. The zero-order valence-electron chi connectivity index (χ0n) is 14.9. The second-order valence-corrected chi connectivity index (χ2v) is 5.59. The van der Waals surface area contributed by atoms with E-state index in [9.17, 15) is 4.79 Å². The lowest BCUT2D eigenvalue weighted by atomic mass is 10.0. The molecular formula is C18H36O4. The van der Waals surface area contributed by atoms with Crippen LogP contribution in [0.2, 0.25) is 0 Å². The molecule has 4 nitrogen and oxygen atoms in total. The van der Waals surface area contributed by atoms with Gasteiger partial charge in [-0.2, -0.15) is 0 Å². The van der Waals surface area contributed by atoms with Crippen LogP contribution in [0.3, 0.4) is 0 Å². The molecular weight excluding hydrogens is 280 g/mol. The molecule has 1 atom stereocenters. The second-order valence-electron chi connectivity index (χ2n) is 5.59. The topological polar surface area (TPSA) is 44.8 Å². The molecule has 1 unspecified atom stereocenters. The first-order valence-electron chi connectivity index (χ1n) is 9.09. The minimum Gasteiger partial charge on any atom is -0.466 e. The number of carbonyl (C=O) groups excluding carboxylic acids is 1. The molecule has 0 amide bonds. The lowest BCUT2D eigenvalue weighted by Crippen LogP contribution is -2.17. The molecule has 0 aromatic carbocycles. The summed E-state index contributed by atoms with van der Waals surface area (Å²) in [5.74, 6) is -0.0986. The van der Waals surface area contributed by atoms with Gasteiger partial charge in [-0.15, -0.1) is 0 Å². The van der Waals surface area contributed by atoms with Crippen LogP contribution in [-0.4, -0.2) is 38.5 Å². The Morgan fingerprint density at radius 3 is 2.27 bits per heavy atom. The monoisotopic (exact) mass is 316 g/mol. The van der Waals surface area contributed by atoms with E-state index in [0.717, 1.165) is 25.9 Å². The SMILES string of the molecule is CCCCCCCC(CCCC(=O)OCC)OCCOCC. The van der Waals surface area contributed by atoms with Crippen LogP contribution in [0, 0.1) is 0 Å². The number of esters is 1. The molecule has 132 valence electrons. The molecule has 0 spiro atoms. The van der Waals surface area contributed by atoms with Crippen molar-refractivity contribution in [2.45, 2.75) is 84.7 Å². The molecule has 0 bridgehead atoms. The van der Waals surface area contributed by atoms with E-state index in [2.05, 4.69) is 6.92 Å². The lowest BCUT2D eigenvalue weighted by molar-refractivity contribution is -0.143. The smallest absolute Gasteiger partial charge is 0.305 e. The molecule has 22 heavy (non-hydrogen) atoms. The maximum Gasteiger partial charge on any atom is 0.305 e. The summed E-state index contributed by atoms with van der Waals surface area (Å²) in [5.41, 5.74) is 0. The van der Waals surface area contributed by atoms with Crippen LogP contribution in [0.1, 0.15) is 78.6 Å². The summed E-state index contributed by atoms with van der Waals surface area (Å²) in [7, 11) is 0. The molecule has 0 saturated carbocycles. The summed E-state index contributed by atoms with van der Waals surface area (Å²) in [6.07, 6.45) is 9.98. The summed E-state index contributed by atoms with van der Waals surface area (Å²) in [5, 5.41) is 0. The zero-order chi connectivity index (χ0) is 16.5. The number of hydrogen-bond acceptors (Lipinski definition) is 4. The van der Waals surface area contributed by atoms with E-state index in [1.165, 1.54) is 32.1 Å². The standard InChI is InChI=1S/C18H36O4/c1-4-7-8-9-10-12-17(22-16-15-20-5-2)13-11-14-18(19)21-6-3/h17H,4-16H2,1-3H3. The summed E-state index contributed by atoms with van der Waals surface area (Å²) >= 11 is 0. The number of carbonyl (C=O) groups is 1. The molecule has 0 aliphatic carbocycles. The summed E-state index contributed by atoms with van der Waals surface area (Å²) in [6, 6.07) is 0. The first kappa shape index (κ1) is 21.4. The first-order chi connectivity index (χ1) is 10.7. The fourth-order valence-corrected chi connectivity index (χ4v) is 2.41. The Balaban J connectivity index is 3.86. The molecule has 0 N–H and O–H groups in total. The second kappa shape index (κ2) is 16.8. The first-order valence-corrected chi connectivity index (χ1v) is 9.09. The summed E-state index contributed by atoms with van der Waals surface area (Å²) in [4.78, 5) is 11.4.